The third-order valence-corrected chi connectivity index (χ3v) is 14.7. The minimum Gasteiger partial charge on any atom is -0.456 e. The maximum Gasteiger partial charge on any atom is 0.408 e. The van der Waals surface area contributed by atoms with Gasteiger partial charge in [-0.05, 0) is 69.4 Å². The third-order valence-electron chi connectivity index (χ3n) is 14.7. The lowest BCUT2D eigenvalue weighted by molar-refractivity contribution is -0.345. The Kier molecular flexibility index (Phi) is 12.8. The van der Waals surface area contributed by atoms with E-state index >= 15 is 0 Å². The number of nitrogens with zero attached hydrogens (tertiary/aromatic N) is 1. The molecule has 12 atom stereocenters. The normalized spacial score (nSPS) is 35.0. The number of aliphatic hydroxyl groups excluding tert-OH is 1. The number of amides is 1. The van der Waals surface area contributed by atoms with Gasteiger partial charge in [-0.2, -0.15) is 0 Å². The summed E-state index contributed by atoms with van der Waals surface area (Å²) in [5.74, 6) is -3.32. The summed E-state index contributed by atoms with van der Waals surface area (Å²) in [4.78, 5) is 57.6. The van der Waals surface area contributed by atoms with Crippen molar-refractivity contribution in [2.45, 2.75) is 140 Å². The van der Waals surface area contributed by atoms with E-state index in [1.807, 2.05) is 27.7 Å². The van der Waals surface area contributed by atoms with E-state index in [1.165, 1.54) is 6.92 Å². The quantitative estimate of drug-likeness (QED) is 0.167. The van der Waals surface area contributed by atoms with Crippen molar-refractivity contribution in [3.05, 3.63) is 82.9 Å². The number of fused-ring (bicyclic) bond motifs is 8. The standard InChI is InChI=1S/C49H64N2O14/c1-28-32(60-43(55)37(53)36(30-15-11-9-12-16-30)50-44(56)65-45(3,4)5)25-49(57)41(63-42(54)31-17-13-10-14-18-31)39-47(8,20-19-33-48(39,27-59-33)64-29(2)52)40-38(35(28)46(49,6)7)61-34(62-40)26-51-21-23-58-24-22-51/h9-18,32-34,36-41,53,57H,19-27H2,1-8H3,(H,50,56)/t32-,33+,34+,36-,37+,38+,39-,40+,41-,47+,48-,49+/m0/s1. The number of carbonyl (C=O) groups excluding carboxylic acids is 4. The van der Waals surface area contributed by atoms with Crippen molar-refractivity contribution in [3.8, 4) is 0 Å². The number of esters is 3. The molecule has 2 aromatic carbocycles. The molecule has 8 rings (SSSR count). The van der Waals surface area contributed by atoms with Gasteiger partial charge in [-0.1, -0.05) is 69.3 Å². The van der Waals surface area contributed by atoms with Crippen LogP contribution in [0.3, 0.4) is 0 Å². The second-order valence-electron chi connectivity index (χ2n) is 20.3. The molecule has 0 unspecified atom stereocenters. The van der Waals surface area contributed by atoms with Crippen LogP contribution in [-0.2, 0) is 47.5 Å². The first-order valence-electron chi connectivity index (χ1n) is 22.7. The minimum atomic E-state index is -2.07. The topological polar surface area (TPSA) is 198 Å². The average molecular weight is 905 g/mol. The van der Waals surface area contributed by atoms with Crippen molar-refractivity contribution in [2.75, 3.05) is 39.5 Å². The number of hydrogen-bond donors (Lipinski definition) is 3. The van der Waals surface area contributed by atoms with Crippen molar-refractivity contribution < 1.29 is 67.3 Å². The molecule has 5 fully saturated rings. The van der Waals surface area contributed by atoms with E-state index in [0.29, 0.717) is 62.4 Å². The third kappa shape index (κ3) is 8.60. The zero-order valence-electron chi connectivity index (χ0n) is 38.6. The van der Waals surface area contributed by atoms with Crippen molar-refractivity contribution in [3.63, 3.8) is 0 Å². The molecule has 3 aliphatic heterocycles. The van der Waals surface area contributed by atoms with E-state index in [2.05, 4.69) is 10.2 Å². The molecule has 3 saturated heterocycles. The molecule has 3 N–H and O–H groups in total. The maximum atomic E-state index is 14.5. The van der Waals surface area contributed by atoms with Crippen LogP contribution in [0.25, 0.3) is 0 Å². The summed E-state index contributed by atoms with van der Waals surface area (Å²) in [5, 5.41) is 28.5. The van der Waals surface area contributed by atoms with Crippen LogP contribution in [0, 0.1) is 16.7 Å². The number of benzene rings is 2. The Balaban J connectivity index is 1.26. The highest BCUT2D eigenvalue weighted by Gasteiger charge is 2.77. The maximum absolute atomic E-state index is 14.5. The fourth-order valence-electron chi connectivity index (χ4n) is 11.5. The molecule has 6 aliphatic rings. The van der Waals surface area contributed by atoms with Crippen LogP contribution in [-0.4, -0.2) is 138 Å². The molecular weight excluding hydrogens is 841 g/mol. The van der Waals surface area contributed by atoms with Gasteiger partial charge in [-0.15, -0.1) is 0 Å². The predicted octanol–water partition coefficient (Wildman–Crippen LogP) is 4.80. The Morgan fingerprint density at radius 1 is 0.954 bits per heavy atom. The summed E-state index contributed by atoms with van der Waals surface area (Å²) in [7, 11) is 0. The monoisotopic (exact) mass is 904 g/mol. The summed E-state index contributed by atoms with van der Waals surface area (Å²) in [6.07, 6.45) is -7.72. The predicted molar refractivity (Wildman–Crippen MR) is 232 cm³/mol. The summed E-state index contributed by atoms with van der Waals surface area (Å²) in [6, 6.07) is 15.6. The molecule has 65 heavy (non-hydrogen) atoms. The number of morpholine rings is 1. The molecule has 2 bridgehead atoms. The fraction of sp³-hybridized carbons (Fsp3) is 0.633. The van der Waals surface area contributed by atoms with E-state index in [-0.39, 0.29) is 18.6 Å². The van der Waals surface area contributed by atoms with Crippen LogP contribution in [0.15, 0.2) is 71.8 Å². The Labute approximate surface area is 380 Å². The Bertz CT molecular complexity index is 2140. The smallest absolute Gasteiger partial charge is 0.408 e. The van der Waals surface area contributed by atoms with Gasteiger partial charge in [0, 0.05) is 43.8 Å². The molecule has 0 aromatic heterocycles. The van der Waals surface area contributed by atoms with Gasteiger partial charge in [0.25, 0.3) is 0 Å². The van der Waals surface area contributed by atoms with Crippen LogP contribution >= 0.6 is 0 Å². The van der Waals surface area contributed by atoms with Crippen LogP contribution < -0.4 is 5.32 Å². The summed E-state index contributed by atoms with van der Waals surface area (Å²) in [5.41, 5.74) is -4.78. The van der Waals surface area contributed by atoms with Crippen LogP contribution in [0.4, 0.5) is 4.79 Å². The molecule has 16 nitrogen and oxygen atoms in total. The van der Waals surface area contributed by atoms with Gasteiger partial charge in [0.2, 0.25) is 0 Å². The molecular formula is C49H64N2O14. The fourth-order valence-corrected chi connectivity index (χ4v) is 11.5. The lowest BCUT2D eigenvalue weighted by Gasteiger charge is -2.68. The first-order chi connectivity index (χ1) is 30.7. The minimum absolute atomic E-state index is 0.0271. The zero-order valence-corrected chi connectivity index (χ0v) is 38.6. The number of rotatable bonds is 10. The molecule has 0 spiro atoms. The van der Waals surface area contributed by atoms with Gasteiger partial charge in [0.15, 0.2) is 18.0 Å². The van der Waals surface area contributed by atoms with Crippen LogP contribution in [0.5, 0.6) is 0 Å². The average Bonchev–Trinajstić information content (AvgIpc) is 3.66. The lowest BCUT2D eigenvalue weighted by Crippen LogP contribution is -2.79. The molecule has 354 valence electrons. The Hall–Kier alpha value is -4.42. The largest absolute Gasteiger partial charge is 0.456 e. The first kappa shape index (κ1) is 47.1. The highest BCUT2D eigenvalue weighted by molar-refractivity contribution is 5.89. The Morgan fingerprint density at radius 3 is 2.23 bits per heavy atom. The van der Waals surface area contributed by atoms with Crippen LogP contribution in [0.1, 0.15) is 96.6 Å². The van der Waals surface area contributed by atoms with Crippen molar-refractivity contribution in [1.29, 1.82) is 0 Å². The SMILES string of the molecule is CC(=O)O[C@@]12CO[C@@H]1CC[C@@]1(C)[C@@H]3O[C@H](CN4CCOCC4)O[C@@H]3C3=C(C)[C@@H](OC(=O)[C@H](O)[C@@H](NC(=O)OC(C)(C)C)c4ccccc4)C[C@@](O)([C@@H](OC(=O)c4ccccc4)[C@@H]12)C3(C)C. The Morgan fingerprint density at radius 2 is 1.62 bits per heavy atom. The van der Waals surface area contributed by atoms with Gasteiger partial charge < -0.3 is 53.4 Å². The number of ether oxygens (including phenoxy) is 8. The molecule has 3 heterocycles. The second-order valence-corrected chi connectivity index (χ2v) is 20.3. The van der Waals surface area contributed by atoms with Gasteiger partial charge in [0.1, 0.15) is 35.6 Å². The second kappa shape index (κ2) is 17.7. The number of aliphatic hydroxyl groups is 2. The summed E-state index contributed by atoms with van der Waals surface area (Å²) < 4.78 is 50.9. The van der Waals surface area contributed by atoms with E-state index in [4.69, 9.17) is 37.9 Å². The summed E-state index contributed by atoms with van der Waals surface area (Å²) in [6.45, 7) is 16.8. The molecule has 2 saturated carbocycles. The van der Waals surface area contributed by atoms with Gasteiger partial charge >= 0.3 is 24.0 Å². The lowest BCUT2D eigenvalue weighted by atomic mass is 9.45. The van der Waals surface area contributed by atoms with Crippen molar-refractivity contribution in [1.82, 2.24) is 10.2 Å². The number of hydrogen-bond acceptors (Lipinski definition) is 15. The molecule has 2 aromatic rings. The van der Waals surface area contributed by atoms with Crippen molar-refractivity contribution in [2.24, 2.45) is 16.7 Å². The van der Waals surface area contributed by atoms with E-state index in [1.54, 1.807) is 81.4 Å². The molecule has 1 amide bonds. The van der Waals surface area contributed by atoms with E-state index in [0.717, 1.165) is 0 Å². The first-order valence-corrected chi connectivity index (χ1v) is 22.7. The van der Waals surface area contributed by atoms with E-state index in [9.17, 15) is 29.4 Å². The molecule has 0 radical (unpaired) electrons. The molecule has 16 heteroatoms. The van der Waals surface area contributed by atoms with Gasteiger partial charge in [0.05, 0.1) is 43.4 Å². The number of nitrogens with one attached hydrogen (secondary N) is 1. The van der Waals surface area contributed by atoms with Gasteiger partial charge in [-0.25, -0.2) is 14.4 Å². The number of alkyl carbamates (subject to hydrolysis) is 1. The van der Waals surface area contributed by atoms with Gasteiger partial charge in [-0.3, -0.25) is 9.69 Å². The van der Waals surface area contributed by atoms with Crippen LogP contribution in [0.2, 0.25) is 0 Å². The zero-order chi connectivity index (χ0) is 46.7. The van der Waals surface area contributed by atoms with Crippen molar-refractivity contribution >= 4 is 24.0 Å². The van der Waals surface area contributed by atoms with E-state index < -0.39 is 107 Å². The summed E-state index contributed by atoms with van der Waals surface area (Å²) >= 11 is 0. The highest BCUT2D eigenvalue weighted by Crippen LogP contribution is 2.66. The highest BCUT2D eigenvalue weighted by atomic mass is 16.7. The number of carbonyl (C=O) groups is 4. The molecule has 3 aliphatic carbocycles.